The van der Waals surface area contributed by atoms with Crippen molar-refractivity contribution in [2.75, 3.05) is 13.2 Å². The summed E-state index contributed by atoms with van der Waals surface area (Å²) < 4.78 is 11.1. The van der Waals surface area contributed by atoms with Crippen molar-refractivity contribution in [3.63, 3.8) is 0 Å². The number of hydrogen-bond donors (Lipinski definition) is 1. The first-order valence-electron chi connectivity index (χ1n) is 7.57. The minimum atomic E-state index is 0.109. The van der Waals surface area contributed by atoms with E-state index < -0.39 is 0 Å². The fourth-order valence-corrected chi connectivity index (χ4v) is 2.95. The lowest BCUT2D eigenvalue weighted by atomic mass is 10.1. The Morgan fingerprint density at radius 2 is 2.17 bits per heavy atom. The van der Waals surface area contributed by atoms with E-state index in [9.17, 15) is 0 Å². The topological polar surface area (TPSA) is 55.2 Å². The number of halogens is 1. The average Bonchev–Trinajstić information content (AvgIpc) is 2.95. The van der Waals surface area contributed by atoms with Gasteiger partial charge in [0.15, 0.2) is 0 Å². The summed E-state index contributed by atoms with van der Waals surface area (Å²) in [6.45, 7) is 7.20. The van der Waals surface area contributed by atoms with Gasteiger partial charge in [-0.2, -0.15) is 0 Å². The number of aromatic nitrogens is 1. The van der Waals surface area contributed by atoms with Gasteiger partial charge in [0.1, 0.15) is 11.4 Å². The lowest BCUT2D eigenvalue weighted by molar-refractivity contribution is 0.269. The van der Waals surface area contributed by atoms with Crippen LogP contribution in [0.3, 0.4) is 0 Å². The SMILES string of the molecule is CCOC(=N)c1csc(Cc2cc(Cl)ccc2OCC(C)C)n1. The van der Waals surface area contributed by atoms with Crippen LogP contribution < -0.4 is 4.74 Å². The van der Waals surface area contributed by atoms with Crippen molar-refractivity contribution in [3.8, 4) is 5.75 Å². The molecule has 0 aliphatic rings. The third kappa shape index (κ3) is 5.22. The van der Waals surface area contributed by atoms with Crippen molar-refractivity contribution in [2.24, 2.45) is 5.92 Å². The molecule has 0 unspecified atom stereocenters. The van der Waals surface area contributed by atoms with Gasteiger partial charge in [-0.25, -0.2) is 4.98 Å². The van der Waals surface area contributed by atoms with E-state index in [1.165, 1.54) is 11.3 Å². The first kappa shape index (κ1) is 17.8. The number of benzene rings is 1. The van der Waals surface area contributed by atoms with Crippen LogP contribution in [0, 0.1) is 11.3 Å². The molecule has 0 aliphatic heterocycles. The fourth-order valence-electron chi connectivity index (χ4n) is 1.96. The highest BCUT2D eigenvalue weighted by molar-refractivity contribution is 7.09. The Hall–Kier alpha value is -1.59. The highest BCUT2D eigenvalue weighted by Crippen LogP contribution is 2.27. The zero-order chi connectivity index (χ0) is 16.8. The van der Waals surface area contributed by atoms with E-state index in [1.54, 1.807) is 0 Å². The van der Waals surface area contributed by atoms with Gasteiger partial charge in [0.2, 0.25) is 5.90 Å². The van der Waals surface area contributed by atoms with E-state index in [4.69, 9.17) is 26.5 Å². The monoisotopic (exact) mass is 352 g/mol. The molecule has 0 aliphatic carbocycles. The van der Waals surface area contributed by atoms with Crippen LogP contribution >= 0.6 is 22.9 Å². The van der Waals surface area contributed by atoms with Gasteiger partial charge in [-0.15, -0.1) is 11.3 Å². The van der Waals surface area contributed by atoms with Gasteiger partial charge in [0, 0.05) is 22.4 Å². The van der Waals surface area contributed by atoms with Gasteiger partial charge in [0.05, 0.1) is 18.2 Å². The summed E-state index contributed by atoms with van der Waals surface area (Å²) in [5.74, 6) is 1.40. The maximum Gasteiger partial charge on any atom is 0.233 e. The molecule has 0 atom stereocenters. The molecule has 0 saturated carbocycles. The number of rotatable bonds is 7. The van der Waals surface area contributed by atoms with Crippen molar-refractivity contribution < 1.29 is 9.47 Å². The van der Waals surface area contributed by atoms with E-state index in [2.05, 4.69) is 18.8 Å². The van der Waals surface area contributed by atoms with E-state index in [0.29, 0.717) is 36.3 Å². The van der Waals surface area contributed by atoms with Crippen LogP contribution in [0.4, 0.5) is 0 Å². The molecule has 6 heteroatoms. The van der Waals surface area contributed by atoms with Crippen molar-refractivity contribution in [1.82, 2.24) is 4.98 Å². The number of nitrogens with zero attached hydrogens (tertiary/aromatic N) is 1. The van der Waals surface area contributed by atoms with Crippen molar-refractivity contribution in [1.29, 1.82) is 5.41 Å². The van der Waals surface area contributed by atoms with Crippen LogP contribution in [0.15, 0.2) is 23.6 Å². The molecular formula is C17H21ClN2O2S. The molecule has 0 fully saturated rings. The third-order valence-electron chi connectivity index (χ3n) is 3.01. The number of nitrogens with one attached hydrogen (secondary N) is 1. The van der Waals surface area contributed by atoms with Gasteiger partial charge in [0.25, 0.3) is 0 Å². The summed E-state index contributed by atoms with van der Waals surface area (Å²) >= 11 is 7.62. The summed E-state index contributed by atoms with van der Waals surface area (Å²) in [6, 6.07) is 5.64. The van der Waals surface area contributed by atoms with Crippen LogP contribution in [-0.4, -0.2) is 24.1 Å². The molecule has 0 saturated heterocycles. The maximum absolute atomic E-state index is 7.79. The molecule has 2 aromatic rings. The van der Waals surface area contributed by atoms with Crippen LogP contribution in [0.1, 0.15) is 37.0 Å². The summed E-state index contributed by atoms with van der Waals surface area (Å²) in [5, 5.41) is 11.2. The average molecular weight is 353 g/mol. The van der Waals surface area contributed by atoms with Gasteiger partial charge >= 0.3 is 0 Å². The molecule has 1 heterocycles. The van der Waals surface area contributed by atoms with Crippen LogP contribution in [0.5, 0.6) is 5.75 Å². The minimum Gasteiger partial charge on any atom is -0.493 e. The molecule has 1 N–H and O–H groups in total. The number of hydrogen-bond acceptors (Lipinski definition) is 5. The standard InChI is InChI=1S/C17H21ClN2O2S/c1-4-21-17(19)14-10-23-16(20-14)8-12-7-13(18)5-6-15(12)22-9-11(2)3/h5-7,10-11,19H,4,8-9H2,1-3H3. The molecule has 1 aromatic carbocycles. The van der Waals surface area contributed by atoms with Crippen LogP contribution in [-0.2, 0) is 11.2 Å². The molecular weight excluding hydrogens is 332 g/mol. The van der Waals surface area contributed by atoms with E-state index >= 15 is 0 Å². The summed E-state index contributed by atoms with van der Waals surface area (Å²) in [7, 11) is 0. The lowest BCUT2D eigenvalue weighted by Crippen LogP contribution is -2.07. The van der Waals surface area contributed by atoms with E-state index in [1.807, 2.05) is 30.5 Å². The van der Waals surface area contributed by atoms with Crippen molar-refractivity contribution in [3.05, 3.63) is 44.9 Å². The zero-order valence-corrected chi connectivity index (χ0v) is 15.1. The Balaban J connectivity index is 2.15. The highest BCUT2D eigenvalue weighted by Gasteiger charge is 2.12. The van der Waals surface area contributed by atoms with Gasteiger partial charge < -0.3 is 9.47 Å². The second-order valence-corrected chi connectivity index (χ2v) is 6.90. The largest absolute Gasteiger partial charge is 0.493 e. The Bertz CT molecular complexity index is 670. The first-order valence-corrected chi connectivity index (χ1v) is 8.82. The Morgan fingerprint density at radius 3 is 2.87 bits per heavy atom. The Morgan fingerprint density at radius 1 is 1.39 bits per heavy atom. The Labute approximate surface area is 145 Å². The van der Waals surface area contributed by atoms with Crippen molar-refractivity contribution >= 4 is 28.8 Å². The third-order valence-corrected chi connectivity index (χ3v) is 4.09. The Kier molecular flexibility index (Phi) is 6.42. The summed E-state index contributed by atoms with van der Waals surface area (Å²) in [5.41, 5.74) is 1.57. The van der Waals surface area contributed by atoms with Gasteiger partial charge in [-0.1, -0.05) is 25.4 Å². The first-order chi connectivity index (χ1) is 11.0. The quantitative estimate of drug-likeness (QED) is 0.576. The highest BCUT2D eigenvalue weighted by atomic mass is 35.5. The zero-order valence-electron chi connectivity index (χ0n) is 13.6. The predicted molar refractivity (Wildman–Crippen MR) is 95.2 cm³/mol. The normalized spacial score (nSPS) is 10.8. The molecule has 0 amide bonds. The second kappa shape index (κ2) is 8.31. The number of ether oxygens (including phenoxy) is 2. The predicted octanol–water partition coefficient (Wildman–Crippen LogP) is 4.78. The fraction of sp³-hybridized carbons (Fsp3) is 0.412. The molecule has 124 valence electrons. The maximum atomic E-state index is 7.79. The van der Waals surface area contributed by atoms with E-state index in [0.717, 1.165) is 16.3 Å². The van der Waals surface area contributed by atoms with Crippen LogP contribution in [0.2, 0.25) is 5.02 Å². The summed E-state index contributed by atoms with van der Waals surface area (Å²) in [4.78, 5) is 4.46. The summed E-state index contributed by atoms with van der Waals surface area (Å²) in [6.07, 6.45) is 0.623. The molecule has 0 spiro atoms. The van der Waals surface area contributed by atoms with E-state index in [-0.39, 0.29) is 5.90 Å². The molecule has 4 nitrogen and oxygen atoms in total. The molecule has 23 heavy (non-hydrogen) atoms. The van der Waals surface area contributed by atoms with Crippen LogP contribution in [0.25, 0.3) is 0 Å². The number of thiazole rings is 1. The molecule has 0 radical (unpaired) electrons. The van der Waals surface area contributed by atoms with Gasteiger partial charge in [-0.3, -0.25) is 5.41 Å². The molecule has 1 aromatic heterocycles. The molecule has 2 rings (SSSR count). The lowest BCUT2D eigenvalue weighted by Gasteiger charge is -2.13. The minimum absolute atomic E-state index is 0.109. The molecule has 0 bridgehead atoms. The van der Waals surface area contributed by atoms with Crippen molar-refractivity contribution in [2.45, 2.75) is 27.2 Å². The second-order valence-electron chi connectivity index (χ2n) is 5.52. The smallest absolute Gasteiger partial charge is 0.233 e. The van der Waals surface area contributed by atoms with Gasteiger partial charge in [-0.05, 0) is 31.0 Å².